The zero-order chi connectivity index (χ0) is 10.0. The van der Waals surface area contributed by atoms with Crippen molar-refractivity contribution in [1.29, 1.82) is 0 Å². The van der Waals surface area contributed by atoms with Crippen LogP contribution in [0.5, 0.6) is 0 Å². The van der Waals surface area contributed by atoms with E-state index < -0.39 is 0 Å². The quantitative estimate of drug-likeness (QED) is 0.699. The van der Waals surface area contributed by atoms with Crippen molar-refractivity contribution >= 4 is 0 Å². The van der Waals surface area contributed by atoms with Gasteiger partial charge < -0.3 is 5.11 Å². The molecule has 4 atom stereocenters. The van der Waals surface area contributed by atoms with E-state index in [9.17, 15) is 5.11 Å². The van der Waals surface area contributed by atoms with Gasteiger partial charge in [0.25, 0.3) is 0 Å². The van der Waals surface area contributed by atoms with Crippen molar-refractivity contribution in [3.63, 3.8) is 0 Å². The van der Waals surface area contributed by atoms with Crippen LogP contribution in [0.3, 0.4) is 0 Å². The Kier molecular flexibility index (Phi) is 3.78. The van der Waals surface area contributed by atoms with Crippen LogP contribution in [-0.4, -0.2) is 11.2 Å². The van der Waals surface area contributed by atoms with E-state index in [1.165, 1.54) is 19.3 Å². The van der Waals surface area contributed by atoms with Crippen molar-refractivity contribution in [3.05, 3.63) is 0 Å². The Morgan fingerprint density at radius 1 is 1.15 bits per heavy atom. The maximum atomic E-state index is 9.65. The van der Waals surface area contributed by atoms with Gasteiger partial charge in [0, 0.05) is 0 Å². The zero-order valence-electron chi connectivity index (χ0n) is 9.46. The molecular formula is C12H24O. The summed E-state index contributed by atoms with van der Waals surface area (Å²) in [5, 5.41) is 9.65. The first kappa shape index (κ1) is 11.0. The molecule has 1 aliphatic carbocycles. The first-order valence-corrected chi connectivity index (χ1v) is 5.70. The van der Waals surface area contributed by atoms with E-state index in [2.05, 4.69) is 20.8 Å². The van der Waals surface area contributed by atoms with Crippen molar-refractivity contribution < 1.29 is 5.11 Å². The maximum absolute atomic E-state index is 9.65. The smallest absolute Gasteiger partial charge is 0.0542 e. The summed E-state index contributed by atoms with van der Waals surface area (Å²) in [7, 11) is 0. The molecule has 0 spiro atoms. The lowest BCUT2D eigenvalue weighted by Crippen LogP contribution is -2.32. The highest BCUT2D eigenvalue weighted by atomic mass is 16.3. The largest absolute Gasteiger partial charge is 0.393 e. The molecule has 0 aromatic carbocycles. The van der Waals surface area contributed by atoms with Crippen LogP contribution in [-0.2, 0) is 0 Å². The summed E-state index contributed by atoms with van der Waals surface area (Å²) >= 11 is 0. The summed E-state index contributed by atoms with van der Waals surface area (Å²) in [4.78, 5) is 0. The van der Waals surface area contributed by atoms with Crippen LogP contribution >= 0.6 is 0 Å². The van der Waals surface area contributed by atoms with Crippen molar-refractivity contribution in [2.24, 2.45) is 23.7 Å². The summed E-state index contributed by atoms with van der Waals surface area (Å²) in [6.07, 6.45) is 3.79. The third kappa shape index (κ3) is 2.70. The van der Waals surface area contributed by atoms with E-state index in [4.69, 9.17) is 0 Å². The minimum atomic E-state index is -0.114. The van der Waals surface area contributed by atoms with Crippen LogP contribution < -0.4 is 0 Å². The van der Waals surface area contributed by atoms with Gasteiger partial charge in [0.05, 0.1) is 6.10 Å². The highest BCUT2D eigenvalue weighted by Crippen LogP contribution is 2.38. The normalized spacial score (nSPS) is 37.8. The van der Waals surface area contributed by atoms with Gasteiger partial charge in [0.15, 0.2) is 0 Å². The van der Waals surface area contributed by atoms with Crippen molar-refractivity contribution in [3.8, 4) is 0 Å². The SMILES string of the molecule is CC(C)[C@H]1CC[C@@H](C)[C@H](C(C)O)C1. The molecule has 78 valence electrons. The molecule has 1 heteroatoms. The number of hydrogen-bond acceptors (Lipinski definition) is 1. The first-order chi connectivity index (χ1) is 6.02. The predicted molar refractivity (Wildman–Crippen MR) is 56.5 cm³/mol. The molecule has 1 N–H and O–H groups in total. The molecule has 0 saturated heterocycles. The second kappa shape index (κ2) is 4.45. The van der Waals surface area contributed by atoms with Crippen molar-refractivity contribution in [1.82, 2.24) is 0 Å². The molecule has 1 fully saturated rings. The van der Waals surface area contributed by atoms with Crippen molar-refractivity contribution in [2.75, 3.05) is 0 Å². The molecular weight excluding hydrogens is 160 g/mol. The Balaban J connectivity index is 2.53. The Morgan fingerprint density at radius 3 is 2.23 bits per heavy atom. The summed E-state index contributed by atoms with van der Waals surface area (Å²) in [5.74, 6) is 2.89. The van der Waals surface area contributed by atoms with Gasteiger partial charge in [-0.3, -0.25) is 0 Å². The fourth-order valence-electron chi connectivity index (χ4n) is 2.67. The number of rotatable bonds is 2. The van der Waals surface area contributed by atoms with Crippen LogP contribution in [0.15, 0.2) is 0 Å². The standard InChI is InChI=1S/C12H24O/c1-8(2)11-6-5-9(3)12(7-11)10(4)13/h8-13H,5-7H2,1-4H3/t9-,10?,11+,12-/m1/s1. The molecule has 1 saturated carbocycles. The van der Waals surface area contributed by atoms with E-state index in [-0.39, 0.29) is 6.10 Å². The molecule has 0 aromatic rings. The lowest BCUT2D eigenvalue weighted by molar-refractivity contribution is 0.0390. The highest BCUT2D eigenvalue weighted by molar-refractivity contribution is 4.81. The summed E-state index contributed by atoms with van der Waals surface area (Å²) in [6.45, 7) is 8.84. The Bertz CT molecular complexity index is 151. The maximum Gasteiger partial charge on any atom is 0.0542 e. The van der Waals surface area contributed by atoms with Crippen molar-refractivity contribution in [2.45, 2.75) is 53.1 Å². The van der Waals surface area contributed by atoms with E-state index in [1.807, 2.05) is 6.92 Å². The third-order valence-electron chi connectivity index (χ3n) is 3.86. The highest BCUT2D eigenvalue weighted by Gasteiger charge is 2.31. The average Bonchev–Trinajstić information content (AvgIpc) is 2.04. The van der Waals surface area contributed by atoms with Gasteiger partial charge in [-0.05, 0) is 43.4 Å². The molecule has 1 nitrogen and oxygen atoms in total. The van der Waals surface area contributed by atoms with Gasteiger partial charge in [-0.1, -0.05) is 27.2 Å². The van der Waals surface area contributed by atoms with Gasteiger partial charge >= 0.3 is 0 Å². The lowest BCUT2D eigenvalue weighted by Gasteiger charge is -2.37. The average molecular weight is 184 g/mol. The molecule has 1 unspecified atom stereocenters. The Labute approximate surface area is 82.5 Å². The summed E-state index contributed by atoms with van der Waals surface area (Å²) < 4.78 is 0. The number of hydrogen-bond donors (Lipinski definition) is 1. The van der Waals surface area contributed by atoms with Crippen LogP contribution in [0.25, 0.3) is 0 Å². The molecule has 0 radical (unpaired) electrons. The third-order valence-corrected chi connectivity index (χ3v) is 3.86. The lowest BCUT2D eigenvalue weighted by atomic mass is 9.69. The zero-order valence-corrected chi connectivity index (χ0v) is 9.46. The summed E-state index contributed by atoms with van der Waals surface area (Å²) in [5.41, 5.74) is 0. The Morgan fingerprint density at radius 2 is 1.77 bits per heavy atom. The predicted octanol–water partition coefficient (Wildman–Crippen LogP) is 3.08. The van der Waals surface area contributed by atoms with E-state index in [0.29, 0.717) is 5.92 Å². The fraction of sp³-hybridized carbons (Fsp3) is 1.00. The monoisotopic (exact) mass is 184 g/mol. The van der Waals surface area contributed by atoms with E-state index in [1.54, 1.807) is 0 Å². The summed E-state index contributed by atoms with van der Waals surface area (Å²) in [6, 6.07) is 0. The van der Waals surface area contributed by atoms with Gasteiger partial charge in [-0.25, -0.2) is 0 Å². The second-order valence-corrected chi connectivity index (χ2v) is 5.20. The molecule has 1 aliphatic rings. The van der Waals surface area contributed by atoms with Gasteiger partial charge in [0.2, 0.25) is 0 Å². The number of aliphatic hydroxyl groups excluding tert-OH is 1. The molecule has 1 rings (SSSR count). The minimum Gasteiger partial charge on any atom is -0.393 e. The molecule has 13 heavy (non-hydrogen) atoms. The molecule has 0 amide bonds. The van der Waals surface area contributed by atoms with Crippen LogP contribution in [0.1, 0.15) is 47.0 Å². The van der Waals surface area contributed by atoms with E-state index >= 15 is 0 Å². The van der Waals surface area contributed by atoms with Crippen LogP contribution in [0.4, 0.5) is 0 Å². The molecule has 0 bridgehead atoms. The van der Waals surface area contributed by atoms with Gasteiger partial charge in [0.1, 0.15) is 0 Å². The van der Waals surface area contributed by atoms with Gasteiger partial charge in [-0.15, -0.1) is 0 Å². The van der Waals surface area contributed by atoms with Gasteiger partial charge in [-0.2, -0.15) is 0 Å². The fourth-order valence-corrected chi connectivity index (χ4v) is 2.67. The topological polar surface area (TPSA) is 20.2 Å². The molecule has 0 aromatic heterocycles. The first-order valence-electron chi connectivity index (χ1n) is 5.70. The number of aliphatic hydroxyl groups is 1. The molecule has 0 aliphatic heterocycles. The van der Waals surface area contributed by atoms with Crippen LogP contribution in [0.2, 0.25) is 0 Å². The van der Waals surface area contributed by atoms with Crippen LogP contribution in [0, 0.1) is 23.7 Å². The molecule has 0 heterocycles. The second-order valence-electron chi connectivity index (χ2n) is 5.20. The Hall–Kier alpha value is -0.0400. The minimum absolute atomic E-state index is 0.114. The van der Waals surface area contributed by atoms with E-state index in [0.717, 1.165) is 17.8 Å².